The highest BCUT2D eigenvalue weighted by atomic mass is 127. The number of nitrogens with one attached hydrogen (secondary N) is 1. The number of benzene rings is 1. The normalized spacial score (nSPS) is 10.0. The zero-order valence-electron chi connectivity index (χ0n) is 9.49. The van der Waals surface area contributed by atoms with Crippen LogP contribution >= 0.6 is 22.6 Å². The van der Waals surface area contributed by atoms with Crippen LogP contribution in [0.4, 0.5) is 0 Å². The van der Waals surface area contributed by atoms with Crippen LogP contribution in [0.1, 0.15) is 12.8 Å². The third-order valence-corrected chi connectivity index (χ3v) is 2.78. The summed E-state index contributed by atoms with van der Waals surface area (Å²) in [6.45, 7) is 0.814. The lowest BCUT2D eigenvalue weighted by atomic mass is 10.3. The maximum atomic E-state index is 11.2. The standard InChI is InChI=1S/C12H16INO3/c13-10-3-5-11(6-4-10)17-9-1-2-12(16)14-7-8-15/h3-6,15H,1-2,7-9H2,(H,14,16). The summed E-state index contributed by atoms with van der Waals surface area (Å²) < 4.78 is 6.65. The molecule has 0 atom stereocenters. The first-order valence-corrected chi connectivity index (χ1v) is 6.56. The summed E-state index contributed by atoms with van der Waals surface area (Å²) in [5.41, 5.74) is 0. The van der Waals surface area contributed by atoms with E-state index in [1.54, 1.807) is 0 Å². The van der Waals surface area contributed by atoms with Gasteiger partial charge in [-0.05, 0) is 53.3 Å². The van der Waals surface area contributed by atoms with Crippen molar-refractivity contribution < 1.29 is 14.6 Å². The Morgan fingerprint density at radius 3 is 2.71 bits per heavy atom. The van der Waals surface area contributed by atoms with Crippen LogP contribution in [0.3, 0.4) is 0 Å². The lowest BCUT2D eigenvalue weighted by Crippen LogP contribution is -2.26. The maximum absolute atomic E-state index is 11.2. The van der Waals surface area contributed by atoms with E-state index < -0.39 is 0 Å². The van der Waals surface area contributed by atoms with Crippen molar-refractivity contribution >= 4 is 28.5 Å². The molecule has 17 heavy (non-hydrogen) atoms. The van der Waals surface area contributed by atoms with Crippen molar-refractivity contribution in [2.75, 3.05) is 19.8 Å². The van der Waals surface area contributed by atoms with E-state index >= 15 is 0 Å². The summed E-state index contributed by atoms with van der Waals surface area (Å²) in [4.78, 5) is 11.2. The van der Waals surface area contributed by atoms with Gasteiger partial charge in [0.15, 0.2) is 0 Å². The van der Waals surface area contributed by atoms with Crippen LogP contribution in [0.2, 0.25) is 0 Å². The van der Waals surface area contributed by atoms with E-state index in [0.717, 1.165) is 5.75 Å². The number of aliphatic hydroxyl groups excluding tert-OH is 1. The van der Waals surface area contributed by atoms with E-state index in [-0.39, 0.29) is 12.5 Å². The van der Waals surface area contributed by atoms with Crippen molar-refractivity contribution in [3.63, 3.8) is 0 Å². The molecule has 1 amide bonds. The topological polar surface area (TPSA) is 58.6 Å². The fraction of sp³-hybridized carbons (Fsp3) is 0.417. The van der Waals surface area contributed by atoms with E-state index in [4.69, 9.17) is 9.84 Å². The molecule has 0 aliphatic heterocycles. The monoisotopic (exact) mass is 349 g/mol. The van der Waals surface area contributed by atoms with Gasteiger partial charge in [-0.15, -0.1) is 0 Å². The molecule has 0 saturated carbocycles. The Morgan fingerprint density at radius 1 is 1.35 bits per heavy atom. The number of ether oxygens (including phenoxy) is 1. The highest BCUT2D eigenvalue weighted by Gasteiger charge is 2.00. The van der Waals surface area contributed by atoms with Gasteiger partial charge < -0.3 is 15.2 Å². The average molecular weight is 349 g/mol. The second-order valence-corrected chi connectivity index (χ2v) is 4.73. The van der Waals surface area contributed by atoms with Crippen LogP contribution in [-0.2, 0) is 4.79 Å². The Hall–Kier alpha value is -0.820. The predicted molar refractivity (Wildman–Crippen MR) is 74.0 cm³/mol. The Labute approximate surface area is 115 Å². The van der Waals surface area contributed by atoms with Crippen molar-refractivity contribution in [1.82, 2.24) is 5.32 Å². The highest BCUT2D eigenvalue weighted by Crippen LogP contribution is 2.13. The molecule has 0 radical (unpaired) electrons. The lowest BCUT2D eigenvalue weighted by molar-refractivity contribution is -0.121. The maximum Gasteiger partial charge on any atom is 0.220 e. The number of hydrogen-bond acceptors (Lipinski definition) is 3. The molecule has 5 heteroatoms. The van der Waals surface area contributed by atoms with E-state index in [0.29, 0.717) is 26.0 Å². The summed E-state index contributed by atoms with van der Waals surface area (Å²) >= 11 is 2.23. The molecule has 0 aliphatic rings. The predicted octanol–water partition coefficient (Wildman–Crippen LogP) is 1.56. The molecule has 1 aromatic rings. The van der Waals surface area contributed by atoms with Crippen molar-refractivity contribution in [2.24, 2.45) is 0 Å². The highest BCUT2D eigenvalue weighted by molar-refractivity contribution is 14.1. The van der Waals surface area contributed by atoms with Crippen LogP contribution in [0.25, 0.3) is 0 Å². The molecule has 4 nitrogen and oxygen atoms in total. The number of rotatable bonds is 7. The smallest absolute Gasteiger partial charge is 0.220 e. The SMILES string of the molecule is O=C(CCCOc1ccc(I)cc1)NCCO. The fourth-order valence-corrected chi connectivity index (χ4v) is 1.60. The van der Waals surface area contributed by atoms with Crippen LogP contribution in [0, 0.1) is 3.57 Å². The molecule has 0 fully saturated rings. The van der Waals surface area contributed by atoms with Gasteiger partial charge in [0.25, 0.3) is 0 Å². The number of carbonyl (C=O) groups is 1. The molecular weight excluding hydrogens is 333 g/mol. The summed E-state index contributed by atoms with van der Waals surface area (Å²) in [6, 6.07) is 7.77. The lowest BCUT2D eigenvalue weighted by Gasteiger charge is -2.06. The molecular formula is C12H16INO3. The molecule has 0 aliphatic carbocycles. The van der Waals surface area contributed by atoms with Gasteiger partial charge >= 0.3 is 0 Å². The van der Waals surface area contributed by atoms with Gasteiger partial charge in [0, 0.05) is 16.5 Å². The number of aliphatic hydroxyl groups is 1. The number of hydrogen-bond donors (Lipinski definition) is 2. The molecule has 1 aromatic carbocycles. The fourth-order valence-electron chi connectivity index (χ4n) is 1.24. The number of halogens is 1. The first-order valence-electron chi connectivity index (χ1n) is 5.48. The molecule has 0 aromatic heterocycles. The molecule has 1 rings (SSSR count). The Bertz CT molecular complexity index is 340. The van der Waals surface area contributed by atoms with E-state index in [1.165, 1.54) is 3.57 Å². The zero-order chi connectivity index (χ0) is 12.5. The number of amides is 1. The Morgan fingerprint density at radius 2 is 2.06 bits per heavy atom. The number of carbonyl (C=O) groups excluding carboxylic acids is 1. The van der Waals surface area contributed by atoms with Crippen molar-refractivity contribution in [2.45, 2.75) is 12.8 Å². The summed E-state index contributed by atoms with van der Waals surface area (Å²) in [5, 5.41) is 11.1. The molecule has 0 unspecified atom stereocenters. The largest absolute Gasteiger partial charge is 0.494 e. The molecule has 0 bridgehead atoms. The first-order chi connectivity index (χ1) is 8.22. The van der Waals surface area contributed by atoms with Crippen molar-refractivity contribution in [3.05, 3.63) is 27.8 Å². The minimum absolute atomic E-state index is 0.0229. The van der Waals surface area contributed by atoms with Crippen molar-refractivity contribution in [3.8, 4) is 5.75 Å². The summed E-state index contributed by atoms with van der Waals surface area (Å²) in [5.74, 6) is 0.770. The van der Waals surface area contributed by atoms with Crippen LogP contribution < -0.4 is 10.1 Å². The minimum Gasteiger partial charge on any atom is -0.494 e. The van der Waals surface area contributed by atoms with Gasteiger partial charge in [0.2, 0.25) is 5.91 Å². The summed E-state index contributed by atoms with van der Waals surface area (Å²) in [7, 11) is 0. The summed E-state index contributed by atoms with van der Waals surface area (Å²) in [6.07, 6.45) is 1.09. The van der Waals surface area contributed by atoms with Gasteiger partial charge in [0.1, 0.15) is 5.75 Å². The van der Waals surface area contributed by atoms with Gasteiger partial charge in [-0.25, -0.2) is 0 Å². The average Bonchev–Trinajstić information content (AvgIpc) is 2.34. The van der Waals surface area contributed by atoms with E-state index in [9.17, 15) is 4.79 Å². The molecule has 0 saturated heterocycles. The molecule has 2 N–H and O–H groups in total. The first kappa shape index (κ1) is 14.2. The van der Waals surface area contributed by atoms with Gasteiger partial charge in [-0.2, -0.15) is 0 Å². The Kier molecular flexibility index (Phi) is 6.95. The van der Waals surface area contributed by atoms with Crippen molar-refractivity contribution in [1.29, 1.82) is 0 Å². The third kappa shape index (κ3) is 6.48. The third-order valence-electron chi connectivity index (χ3n) is 2.06. The zero-order valence-corrected chi connectivity index (χ0v) is 11.6. The van der Waals surface area contributed by atoms with Crippen LogP contribution in [0.5, 0.6) is 5.75 Å². The van der Waals surface area contributed by atoms with E-state index in [2.05, 4.69) is 27.9 Å². The molecule has 0 spiro atoms. The Balaban J connectivity index is 2.11. The molecule has 0 heterocycles. The van der Waals surface area contributed by atoms with Crippen LogP contribution in [0.15, 0.2) is 24.3 Å². The van der Waals surface area contributed by atoms with Gasteiger partial charge in [-0.3, -0.25) is 4.79 Å². The van der Waals surface area contributed by atoms with Gasteiger partial charge in [-0.1, -0.05) is 0 Å². The quantitative estimate of drug-likeness (QED) is 0.580. The minimum atomic E-state index is -0.0507. The van der Waals surface area contributed by atoms with Crippen LogP contribution in [-0.4, -0.2) is 30.8 Å². The van der Waals surface area contributed by atoms with Gasteiger partial charge in [0.05, 0.1) is 13.2 Å². The second kappa shape index (κ2) is 8.30. The second-order valence-electron chi connectivity index (χ2n) is 3.48. The van der Waals surface area contributed by atoms with E-state index in [1.807, 2.05) is 24.3 Å². The molecule has 94 valence electrons.